The van der Waals surface area contributed by atoms with Gasteiger partial charge in [0.25, 0.3) is 0 Å². The Morgan fingerprint density at radius 2 is 0.939 bits per heavy atom. The number of carbonyl (C=O) groups is 6. The number of esters is 6. The summed E-state index contributed by atoms with van der Waals surface area (Å²) in [6, 6.07) is 6.14. The number of rotatable bonds is 18. The highest BCUT2D eigenvalue weighted by Gasteiger charge is 2.12. The van der Waals surface area contributed by atoms with Crippen LogP contribution in [0.1, 0.15) is 27.7 Å². The lowest BCUT2D eigenvalue weighted by atomic mass is 10.3. The summed E-state index contributed by atoms with van der Waals surface area (Å²) in [4.78, 5) is 65.6. The standard InChI is InChI=1S/C12H18O5.C12H10O4.C11H16O5/c1-9(2)11(13)16-7-5-15-6-8-17-12(14)10(3)4;1-3-11(13)15-9-6-5-7-10(8-9)16-12(14)4-2;1-7(2)10(13)15-5-9(12)6-16-11(14)8(3)4/h1,3,5-8H2,2,4H3;3-8H,1-2H2;9,12H,1,3,5-6H2,2,4H3. The molecular weight excluding hydrogens is 644 g/mol. The predicted octanol–water partition coefficient (Wildman–Crippen LogP) is 3.70. The van der Waals surface area contributed by atoms with Crippen molar-refractivity contribution in [1.82, 2.24) is 0 Å². The van der Waals surface area contributed by atoms with Gasteiger partial charge in [-0.25, -0.2) is 28.8 Å². The fourth-order valence-corrected chi connectivity index (χ4v) is 2.29. The van der Waals surface area contributed by atoms with Crippen LogP contribution in [0.25, 0.3) is 0 Å². The van der Waals surface area contributed by atoms with E-state index in [1.807, 2.05) is 0 Å². The molecule has 0 spiro atoms. The van der Waals surface area contributed by atoms with E-state index in [1.54, 1.807) is 32.0 Å². The molecule has 49 heavy (non-hydrogen) atoms. The van der Waals surface area contributed by atoms with Crippen molar-refractivity contribution >= 4 is 35.8 Å². The Morgan fingerprint density at radius 3 is 1.24 bits per heavy atom. The summed E-state index contributed by atoms with van der Waals surface area (Å²) in [7, 11) is 0. The van der Waals surface area contributed by atoms with E-state index in [4.69, 9.17) is 23.7 Å². The van der Waals surface area contributed by atoms with Crippen molar-refractivity contribution in [1.29, 1.82) is 0 Å². The lowest BCUT2D eigenvalue weighted by molar-refractivity contribution is -0.147. The zero-order chi connectivity index (χ0) is 37.9. The van der Waals surface area contributed by atoms with Crippen LogP contribution in [0.4, 0.5) is 0 Å². The summed E-state index contributed by atoms with van der Waals surface area (Å²) in [6.45, 7) is 26.6. The molecule has 0 aromatic heterocycles. The molecule has 14 nitrogen and oxygen atoms in total. The number of aliphatic hydroxyl groups excluding tert-OH is 1. The first kappa shape index (κ1) is 45.5. The molecule has 1 N–H and O–H groups in total. The molecule has 0 radical (unpaired) electrons. The molecule has 0 fully saturated rings. The van der Waals surface area contributed by atoms with E-state index in [9.17, 15) is 33.9 Å². The molecule has 0 atom stereocenters. The summed E-state index contributed by atoms with van der Waals surface area (Å²) in [5, 5.41) is 9.30. The van der Waals surface area contributed by atoms with Crippen molar-refractivity contribution in [2.45, 2.75) is 33.8 Å². The first-order valence-corrected chi connectivity index (χ1v) is 14.3. The monoisotopic (exact) mass is 688 g/mol. The van der Waals surface area contributed by atoms with Crippen LogP contribution in [0.15, 0.2) is 98.2 Å². The Balaban J connectivity index is 0. The molecule has 0 aliphatic carbocycles. The SMILES string of the molecule is C=C(C)C(=O)OCC(O)COC(=O)C(=C)C.C=C(C)C(=O)OCCOCCOC(=O)C(=C)C.C=CC(=O)Oc1cccc(OC(=O)C=C)c1. The third-order valence-electron chi connectivity index (χ3n) is 4.70. The molecule has 0 unspecified atom stereocenters. The maximum absolute atomic E-state index is 10.9. The number of ether oxygens (including phenoxy) is 7. The second-order valence-corrected chi connectivity index (χ2v) is 9.58. The highest BCUT2D eigenvalue weighted by Crippen LogP contribution is 2.19. The van der Waals surface area contributed by atoms with E-state index >= 15 is 0 Å². The molecule has 0 bridgehead atoms. The Kier molecular flexibility index (Phi) is 24.6. The van der Waals surface area contributed by atoms with E-state index < -0.39 is 41.9 Å². The van der Waals surface area contributed by atoms with Gasteiger partial charge < -0.3 is 38.3 Å². The minimum Gasteiger partial charge on any atom is -0.460 e. The van der Waals surface area contributed by atoms with Gasteiger partial charge in [0.2, 0.25) is 0 Å². The molecule has 14 heteroatoms. The molecule has 0 heterocycles. The van der Waals surface area contributed by atoms with Gasteiger partial charge in [-0.2, -0.15) is 0 Å². The average Bonchev–Trinajstić information content (AvgIpc) is 3.05. The first-order chi connectivity index (χ1) is 22.9. The van der Waals surface area contributed by atoms with E-state index in [-0.39, 0.29) is 62.3 Å². The van der Waals surface area contributed by atoms with Gasteiger partial charge in [-0.3, -0.25) is 0 Å². The van der Waals surface area contributed by atoms with Crippen LogP contribution in [-0.4, -0.2) is 86.7 Å². The van der Waals surface area contributed by atoms with Crippen molar-refractivity contribution in [3.8, 4) is 11.5 Å². The van der Waals surface area contributed by atoms with E-state index in [2.05, 4.69) is 48.9 Å². The Hall–Kier alpha value is -5.60. The van der Waals surface area contributed by atoms with Crippen molar-refractivity contribution in [2.75, 3.05) is 39.6 Å². The maximum Gasteiger partial charge on any atom is 0.335 e. The summed E-state index contributed by atoms with van der Waals surface area (Å²) in [5.41, 5.74) is 1.18. The summed E-state index contributed by atoms with van der Waals surface area (Å²) >= 11 is 0. The van der Waals surface area contributed by atoms with E-state index in [0.29, 0.717) is 11.1 Å². The van der Waals surface area contributed by atoms with Gasteiger partial charge >= 0.3 is 35.8 Å². The average molecular weight is 689 g/mol. The molecule has 0 aliphatic heterocycles. The predicted molar refractivity (Wildman–Crippen MR) is 178 cm³/mol. The second-order valence-electron chi connectivity index (χ2n) is 9.58. The van der Waals surface area contributed by atoms with Gasteiger partial charge in [0.05, 0.1) is 13.2 Å². The smallest absolute Gasteiger partial charge is 0.335 e. The molecular formula is C35H44O14. The quantitative estimate of drug-likeness (QED) is 0.0773. The molecule has 0 aliphatic rings. The van der Waals surface area contributed by atoms with Gasteiger partial charge in [0.1, 0.15) is 44.0 Å². The van der Waals surface area contributed by atoms with E-state index in [1.165, 1.54) is 19.9 Å². The third kappa shape index (κ3) is 25.2. The fourth-order valence-electron chi connectivity index (χ4n) is 2.29. The number of hydrogen-bond donors (Lipinski definition) is 1. The van der Waals surface area contributed by atoms with Crippen LogP contribution < -0.4 is 9.47 Å². The molecule has 1 aromatic carbocycles. The number of aliphatic hydroxyl groups is 1. The van der Waals surface area contributed by atoms with Crippen molar-refractivity contribution in [3.05, 3.63) is 98.2 Å². The Labute approximate surface area is 285 Å². The Bertz CT molecular complexity index is 1270. The molecule has 1 aromatic rings. The normalized spacial score (nSPS) is 9.43. The molecule has 0 saturated carbocycles. The van der Waals surface area contributed by atoms with Crippen molar-refractivity contribution in [2.24, 2.45) is 0 Å². The Morgan fingerprint density at radius 1 is 0.612 bits per heavy atom. The molecule has 268 valence electrons. The zero-order valence-corrected chi connectivity index (χ0v) is 28.3. The van der Waals surface area contributed by atoms with Crippen LogP contribution in [0.3, 0.4) is 0 Å². The first-order valence-electron chi connectivity index (χ1n) is 14.3. The lowest BCUT2D eigenvalue weighted by Crippen LogP contribution is -2.25. The van der Waals surface area contributed by atoms with Crippen molar-refractivity contribution < 1.29 is 67.0 Å². The minimum absolute atomic E-state index is 0.153. The number of benzene rings is 1. The molecule has 0 amide bonds. The summed E-state index contributed by atoms with van der Waals surface area (Å²) < 4.78 is 33.7. The maximum atomic E-state index is 10.9. The van der Waals surface area contributed by atoms with Gasteiger partial charge in [-0.15, -0.1) is 0 Å². The summed E-state index contributed by atoms with van der Waals surface area (Å²) in [5.74, 6) is -2.67. The van der Waals surface area contributed by atoms with Crippen LogP contribution >= 0.6 is 0 Å². The molecule has 1 rings (SSSR count). The minimum atomic E-state index is -1.05. The largest absolute Gasteiger partial charge is 0.460 e. The lowest BCUT2D eigenvalue weighted by Gasteiger charge is -2.11. The topological polar surface area (TPSA) is 187 Å². The third-order valence-corrected chi connectivity index (χ3v) is 4.70. The van der Waals surface area contributed by atoms with Gasteiger partial charge in [-0.1, -0.05) is 45.5 Å². The highest BCUT2D eigenvalue weighted by molar-refractivity contribution is 5.88. The highest BCUT2D eigenvalue weighted by atomic mass is 16.6. The van der Waals surface area contributed by atoms with E-state index in [0.717, 1.165) is 12.2 Å². The second kappa shape index (κ2) is 26.5. The van der Waals surface area contributed by atoms with Gasteiger partial charge in [0.15, 0.2) is 0 Å². The number of hydrogen-bond acceptors (Lipinski definition) is 14. The number of carbonyl (C=O) groups excluding carboxylic acids is 6. The van der Waals surface area contributed by atoms with Crippen LogP contribution in [0, 0.1) is 0 Å². The summed E-state index contributed by atoms with van der Waals surface area (Å²) in [6.07, 6.45) is 1.04. The van der Waals surface area contributed by atoms with Crippen LogP contribution in [0.2, 0.25) is 0 Å². The fraction of sp³-hybridized carbons (Fsp3) is 0.314. The van der Waals surface area contributed by atoms with Crippen molar-refractivity contribution in [3.63, 3.8) is 0 Å². The van der Waals surface area contributed by atoms with Gasteiger partial charge in [-0.05, 0) is 39.8 Å². The van der Waals surface area contributed by atoms with Crippen LogP contribution in [-0.2, 0) is 52.5 Å². The van der Waals surface area contributed by atoms with Crippen LogP contribution in [0.5, 0.6) is 11.5 Å². The zero-order valence-electron chi connectivity index (χ0n) is 28.3. The molecule has 0 saturated heterocycles. The van der Waals surface area contributed by atoms with Gasteiger partial charge in [0, 0.05) is 40.5 Å².